The van der Waals surface area contributed by atoms with E-state index < -0.39 is 0 Å². The Balaban J connectivity index is 2.75. The van der Waals surface area contributed by atoms with Gasteiger partial charge in [-0.25, -0.2) is 0 Å². The third-order valence-corrected chi connectivity index (χ3v) is 3.53. The summed E-state index contributed by atoms with van der Waals surface area (Å²) < 4.78 is 7.13. The Kier molecular flexibility index (Phi) is 3.34. The van der Waals surface area contributed by atoms with E-state index in [9.17, 15) is 10.1 Å². The van der Waals surface area contributed by atoms with Gasteiger partial charge in [0, 0.05) is 24.2 Å². The van der Waals surface area contributed by atoms with Crippen molar-refractivity contribution in [2.45, 2.75) is 39.7 Å². The van der Waals surface area contributed by atoms with Crippen molar-refractivity contribution >= 4 is 0 Å². The summed E-state index contributed by atoms with van der Waals surface area (Å²) >= 11 is 0. The Labute approximate surface area is 111 Å². The summed E-state index contributed by atoms with van der Waals surface area (Å²) in [5, 5.41) is 9.18. The molecule has 100 valence electrons. The van der Waals surface area contributed by atoms with Crippen LogP contribution < -0.4 is 16.0 Å². The maximum absolute atomic E-state index is 12.5. The van der Waals surface area contributed by atoms with Gasteiger partial charge >= 0.3 is 0 Å². The average molecular weight is 259 g/mol. The largest absolute Gasteiger partial charge is 0.440 e. The lowest BCUT2D eigenvalue weighted by Crippen LogP contribution is -2.31. The summed E-state index contributed by atoms with van der Waals surface area (Å²) in [6, 6.07) is 3.87. The number of hydrogen-bond acceptors (Lipinski definition) is 4. The topological polar surface area (TPSA) is 81.0 Å². The molecule has 0 saturated carbocycles. The number of rotatable bonds is 2. The van der Waals surface area contributed by atoms with Gasteiger partial charge in [0.15, 0.2) is 0 Å². The summed E-state index contributed by atoms with van der Waals surface area (Å²) in [4.78, 5) is 12.5. The summed E-state index contributed by atoms with van der Waals surface area (Å²) in [5.74, 6) is 0.310. The Morgan fingerprint density at radius 2 is 2.21 bits per heavy atom. The van der Waals surface area contributed by atoms with Crippen molar-refractivity contribution in [3.8, 4) is 11.8 Å². The first-order valence-electron chi connectivity index (χ1n) is 6.37. The molecule has 0 spiro atoms. The summed E-state index contributed by atoms with van der Waals surface area (Å²) in [6.45, 7) is 6.30. The van der Waals surface area contributed by atoms with Crippen molar-refractivity contribution < 1.29 is 4.74 Å². The minimum Gasteiger partial charge on any atom is -0.440 e. The van der Waals surface area contributed by atoms with Gasteiger partial charge < -0.3 is 15.0 Å². The van der Waals surface area contributed by atoms with Gasteiger partial charge in [0.25, 0.3) is 5.56 Å². The van der Waals surface area contributed by atoms with Crippen LogP contribution in [0.3, 0.4) is 0 Å². The molecular formula is C14H17N3O2. The van der Waals surface area contributed by atoms with Crippen molar-refractivity contribution in [1.82, 2.24) is 4.57 Å². The number of ether oxygens (including phenoxy) is 1. The number of aryl methyl sites for hydroxylation is 1. The van der Waals surface area contributed by atoms with Crippen molar-refractivity contribution in [2.24, 2.45) is 5.73 Å². The van der Waals surface area contributed by atoms with E-state index in [0.29, 0.717) is 29.9 Å². The molecule has 1 aliphatic rings. The van der Waals surface area contributed by atoms with Gasteiger partial charge in [-0.15, -0.1) is 0 Å². The van der Waals surface area contributed by atoms with Crippen LogP contribution in [0.15, 0.2) is 22.3 Å². The lowest BCUT2D eigenvalue weighted by molar-refractivity contribution is 0.381. The van der Waals surface area contributed by atoms with Gasteiger partial charge in [0.1, 0.15) is 11.8 Å². The fraction of sp³-hybridized carbons (Fsp3) is 0.429. The summed E-state index contributed by atoms with van der Waals surface area (Å²) in [7, 11) is 0. The van der Waals surface area contributed by atoms with Crippen LogP contribution in [-0.4, -0.2) is 4.57 Å². The van der Waals surface area contributed by atoms with E-state index in [0.717, 1.165) is 5.69 Å². The third-order valence-electron chi connectivity index (χ3n) is 3.53. The molecule has 0 saturated heterocycles. The highest BCUT2D eigenvalue weighted by Gasteiger charge is 2.31. The van der Waals surface area contributed by atoms with Crippen molar-refractivity contribution in [2.75, 3.05) is 0 Å². The number of pyridine rings is 1. The van der Waals surface area contributed by atoms with E-state index in [1.807, 2.05) is 26.8 Å². The Bertz CT molecular complexity index is 650. The summed E-state index contributed by atoms with van der Waals surface area (Å²) in [5.41, 5.74) is 7.39. The number of nitrogens with two attached hydrogens (primary N) is 1. The zero-order valence-corrected chi connectivity index (χ0v) is 11.4. The molecule has 0 unspecified atom stereocenters. The molecule has 2 N–H and O–H groups in total. The number of nitriles is 1. The molecular weight excluding hydrogens is 242 g/mol. The van der Waals surface area contributed by atoms with E-state index in [4.69, 9.17) is 10.5 Å². The van der Waals surface area contributed by atoms with Crippen LogP contribution >= 0.6 is 0 Å². The molecule has 1 aromatic rings. The van der Waals surface area contributed by atoms with Gasteiger partial charge in [-0.2, -0.15) is 5.26 Å². The average Bonchev–Trinajstić information content (AvgIpc) is 2.37. The van der Waals surface area contributed by atoms with Crippen LogP contribution in [0.4, 0.5) is 0 Å². The fourth-order valence-electron chi connectivity index (χ4n) is 2.59. The van der Waals surface area contributed by atoms with E-state index in [1.165, 1.54) is 0 Å². The van der Waals surface area contributed by atoms with Crippen LogP contribution in [0.1, 0.15) is 37.4 Å². The standard InChI is InChI=1S/C14H17N3O2/c1-4-9-10(7-15)13(16)19-11-6-8(3)17(5-2)14(18)12(9)11/h6,9H,4-5,16H2,1-3H3/t9-/m1/s1. The lowest BCUT2D eigenvalue weighted by atomic mass is 9.88. The second-order valence-electron chi connectivity index (χ2n) is 4.57. The van der Waals surface area contributed by atoms with E-state index in [-0.39, 0.29) is 17.4 Å². The molecule has 2 heterocycles. The third kappa shape index (κ3) is 1.89. The van der Waals surface area contributed by atoms with Crippen LogP contribution in [0, 0.1) is 18.3 Å². The minimum absolute atomic E-state index is 0.0930. The number of hydrogen-bond donors (Lipinski definition) is 1. The second kappa shape index (κ2) is 4.81. The monoisotopic (exact) mass is 259 g/mol. The molecule has 1 aromatic heterocycles. The van der Waals surface area contributed by atoms with E-state index in [2.05, 4.69) is 6.07 Å². The van der Waals surface area contributed by atoms with Crippen LogP contribution in [0.2, 0.25) is 0 Å². The number of aromatic nitrogens is 1. The number of fused-ring (bicyclic) bond motifs is 1. The van der Waals surface area contributed by atoms with Crippen LogP contribution in [-0.2, 0) is 6.54 Å². The highest BCUT2D eigenvalue weighted by molar-refractivity contribution is 5.49. The molecule has 0 amide bonds. The normalized spacial score (nSPS) is 17.7. The Morgan fingerprint density at radius 3 is 2.74 bits per heavy atom. The quantitative estimate of drug-likeness (QED) is 0.877. The van der Waals surface area contributed by atoms with Crippen molar-refractivity contribution in [3.63, 3.8) is 0 Å². The van der Waals surface area contributed by atoms with Crippen LogP contribution in [0.5, 0.6) is 5.75 Å². The van der Waals surface area contributed by atoms with Gasteiger partial charge in [-0.1, -0.05) is 6.92 Å². The molecule has 19 heavy (non-hydrogen) atoms. The molecule has 5 nitrogen and oxygen atoms in total. The van der Waals surface area contributed by atoms with E-state index in [1.54, 1.807) is 4.57 Å². The molecule has 0 aromatic carbocycles. The minimum atomic E-state index is -0.278. The lowest BCUT2D eigenvalue weighted by Gasteiger charge is -2.26. The second-order valence-corrected chi connectivity index (χ2v) is 4.57. The molecule has 0 fully saturated rings. The molecule has 1 aliphatic heterocycles. The molecule has 0 aliphatic carbocycles. The smallest absolute Gasteiger partial charge is 0.258 e. The van der Waals surface area contributed by atoms with Gasteiger partial charge in [0.05, 0.1) is 11.1 Å². The fourth-order valence-corrected chi connectivity index (χ4v) is 2.59. The molecule has 0 bridgehead atoms. The predicted octanol–water partition coefficient (Wildman–Crippen LogP) is 1.76. The SMILES string of the molecule is CC[C@@H]1C(C#N)=C(N)Oc2cc(C)n(CC)c(=O)c21. The maximum atomic E-state index is 12.5. The Hall–Kier alpha value is -2.22. The van der Waals surface area contributed by atoms with Gasteiger partial charge in [0.2, 0.25) is 5.88 Å². The number of nitrogens with zero attached hydrogens (tertiary/aromatic N) is 2. The first-order valence-corrected chi connectivity index (χ1v) is 6.37. The zero-order chi connectivity index (χ0) is 14.2. The van der Waals surface area contributed by atoms with Gasteiger partial charge in [-0.3, -0.25) is 4.79 Å². The maximum Gasteiger partial charge on any atom is 0.258 e. The zero-order valence-electron chi connectivity index (χ0n) is 11.4. The highest BCUT2D eigenvalue weighted by atomic mass is 16.5. The van der Waals surface area contributed by atoms with Crippen LogP contribution in [0.25, 0.3) is 0 Å². The van der Waals surface area contributed by atoms with E-state index >= 15 is 0 Å². The molecule has 2 rings (SSSR count). The first-order chi connectivity index (χ1) is 9.04. The van der Waals surface area contributed by atoms with Crippen molar-refractivity contribution in [3.05, 3.63) is 39.1 Å². The van der Waals surface area contributed by atoms with Gasteiger partial charge in [-0.05, 0) is 20.3 Å². The first kappa shape index (κ1) is 13.2. The summed E-state index contributed by atoms with van der Waals surface area (Å²) in [6.07, 6.45) is 0.641. The number of allylic oxidation sites excluding steroid dienone is 1. The molecule has 5 heteroatoms. The highest BCUT2D eigenvalue weighted by Crippen LogP contribution is 2.37. The molecule has 0 radical (unpaired) electrons. The molecule has 1 atom stereocenters. The predicted molar refractivity (Wildman–Crippen MR) is 71.6 cm³/mol. The van der Waals surface area contributed by atoms with Crippen molar-refractivity contribution in [1.29, 1.82) is 5.26 Å². The Morgan fingerprint density at radius 1 is 1.53 bits per heavy atom.